The van der Waals surface area contributed by atoms with Crippen LogP contribution in [0.5, 0.6) is 5.75 Å². The predicted molar refractivity (Wildman–Crippen MR) is 134 cm³/mol. The number of aliphatic imine (C=N–C) groups is 1. The molecule has 2 heterocycles. The highest BCUT2D eigenvalue weighted by Gasteiger charge is 2.20. The second-order valence-corrected chi connectivity index (χ2v) is 7.79. The van der Waals surface area contributed by atoms with E-state index in [4.69, 9.17) is 16.3 Å². The molecule has 1 saturated heterocycles. The molecule has 1 aromatic heterocycles. The van der Waals surface area contributed by atoms with Crippen LogP contribution in [0.15, 0.2) is 53.7 Å². The number of ether oxygens (including phenoxy) is 1. The normalized spacial score (nSPS) is 16.4. The van der Waals surface area contributed by atoms with Crippen molar-refractivity contribution in [3.8, 4) is 5.75 Å². The Kier molecular flexibility index (Phi) is 10.7. The highest BCUT2D eigenvalue weighted by molar-refractivity contribution is 14.0. The Balaban J connectivity index is 0.00000320. The third-order valence-corrected chi connectivity index (χ3v) is 5.22. The van der Waals surface area contributed by atoms with Crippen LogP contribution < -0.4 is 15.4 Å². The van der Waals surface area contributed by atoms with Gasteiger partial charge in [-0.25, -0.2) is 0 Å². The first-order valence-electron chi connectivity index (χ1n) is 10.1. The zero-order valence-electron chi connectivity index (χ0n) is 17.6. The summed E-state index contributed by atoms with van der Waals surface area (Å²) in [4.78, 5) is 11.2. The Morgan fingerprint density at radius 3 is 2.60 bits per heavy atom. The first kappa shape index (κ1) is 24.7. The lowest BCUT2D eigenvalue weighted by Gasteiger charge is -2.33. The number of halogens is 2. The van der Waals surface area contributed by atoms with Crippen molar-refractivity contribution in [3.05, 3.63) is 59.4 Å². The van der Waals surface area contributed by atoms with E-state index in [2.05, 4.69) is 31.6 Å². The standard InChI is InChI=1S/C22H30ClN5O.HI/c1-17(29-21-8-6-18(23)7-9-21)15-26-22(24-2)27-19-10-13-28(14-11-19)16-20-5-3-4-12-25-20;/h3-9,12,17,19H,10-11,13-16H2,1-2H3,(H2,24,26,27);1H. The van der Waals surface area contributed by atoms with Crippen molar-refractivity contribution in [2.75, 3.05) is 26.7 Å². The van der Waals surface area contributed by atoms with Crippen molar-refractivity contribution in [1.29, 1.82) is 0 Å². The predicted octanol–water partition coefficient (Wildman–Crippen LogP) is 3.95. The van der Waals surface area contributed by atoms with Crippen molar-refractivity contribution in [2.24, 2.45) is 4.99 Å². The quantitative estimate of drug-likeness (QED) is 0.315. The van der Waals surface area contributed by atoms with E-state index in [0.717, 1.165) is 49.9 Å². The van der Waals surface area contributed by atoms with Gasteiger partial charge in [-0.15, -0.1) is 24.0 Å². The van der Waals surface area contributed by atoms with Gasteiger partial charge in [-0.3, -0.25) is 14.9 Å². The van der Waals surface area contributed by atoms with Crippen LogP contribution in [0.25, 0.3) is 0 Å². The molecule has 0 saturated carbocycles. The second kappa shape index (κ2) is 13.0. The Labute approximate surface area is 201 Å². The molecule has 3 rings (SSSR count). The summed E-state index contributed by atoms with van der Waals surface area (Å²) in [5.41, 5.74) is 1.13. The number of hydrogen-bond acceptors (Lipinski definition) is 4. The molecular formula is C22H31ClIN5O. The lowest BCUT2D eigenvalue weighted by atomic mass is 10.0. The molecule has 2 N–H and O–H groups in total. The average molecular weight is 544 g/mol. The molecule has 1 aliphatic heterocycles. The Bertz CT molecular complexity index is 767. The third kappa shape index (κ3) is 8.28. The van der Waals surface area contributed by atoms with Gasteiger partial charge in [-0.1, -0.05) is 17.7 Å². The van der Waals surface area contributed by atoms with E-state index in [1.54, 1.807) is 7.05 Å². The summed E-state index contributed by atoms with van der Waals surface area (Å²) in [6.07, 6.45) is 4.04. The van der Waals surface area contributed by atoms with E-state index in [9.17, 15) is 0 Å². The first-order chi connectivity index (χ1) is 14.1. The maximum Gasteiger partial charge on any atom is 0.191 e. The molecule has 0 amide bonds. The van der Waals surface area contributed by atoms with Gasteiger partial charge in [-0.05, 0) is 56.2 Å². The maximum absolute atomic E-state index is 5.91. The Hall–Kier alpha value is -1.58. The van der Waals surface area contributed by atoms with Crippen molar-refractivity contribution in [3.63, 3.8) is 0 Å². The highest BCUT2D eigenvalue weighted by Crippen LogP contribution is 2.16. The summed E-state index contributed by atoms with van der Waals surface area (Å²) in [5, 5.41) is 7.61. The molecule has 30 heavy (non-hydrogen) atoms. The van der Waals surface area contributed by atoms with Gasteiger partial charge in [0.15, 0.2) is 5.96 Å². The lowest BCUT2D eigenvalue weighted by Crippen LogP contribution is -2.49. The van der Waals surface area contributed by atoms with E-state index in [-0.39, 0.29) is 30.1 Å². The van der Waals surface area contributed by atoms with Gasteiger partial charge in [0.2, 0.25) is 0 Å². The number of nitrogens with one attached hydrogen (secondary N) is 2. The minimum atomic E-state index is 0. The number of guanidine groups is 1. The van der Waals surface area contributed by atoms with Crippen molar-refractivity contribution < 1.29 is 4.74 Å². The number of aromatic nitrogens is 1. The van der Waals surface area contributed by atoms with Crippen LogP contribution in [0, 0.1) is 0 Å². The molecule has 0 bridgehead atoms. The van der Waals surface area contributed by atoms with Gasteiger partial charge < -0.3 is 15.4 Å². The Morgan fingerprint density at radius 1 is 1.23 bits per heavy atom. The van der Waals surface area contributed by atoms with Gasteiger partial charge in [0.05, 0.1) is 12.2 Å². The summed E-state index contributed by atoms with van der Waals surface area (Å²) in [5.74, 6) is 1.63. The smallest absolute Gasteiger partial charge is 0.191 e. The Morgan fingerprint density at radius 2 is 1.97 bits per heavy atom. The fourth-order valence-electron chi connectivity index (χ4n) is 3.37. The fourth-order valence-corrected chi connectivity index (χ4v) is 3.50. The number of likely N-dealkylation sites (tertiary alicyclic amines) is 1. The third-order valence-electron chi connectivity index (χ3n) is 4.97. The number of rotatable bonds is 7. The van der Waals surface area contributed by atoms with E-state index < -0.39 is 0 Å². The van der Waals surface area contributed by atoms with E-state index >= 15 is 0 Å². The number of hydrogen-bond donors (Lipinski definition) is 2. The summed E-state index contributed by atoms with van der Waals surface area (Å²) in [7, 11) is 1.80. The zero-order chi connectivity index (χ0) is 20.5. The van der Waals surface area contributed by atoms with Crippen LogP contribution in [-0.2, 0) is 6.54 Å². The number of nitrogens with zero attached hydrogens (tertiary/aromatic N) is 3. The molecule has 1 fully saturated rings. The second-order valence-electron chi connectivity index (χ2n) is 7.35. The molecule has 8 heteroatoms. The van der Waals surface area contributed by atoms with Crippen LogP contribution in [0.1, 0.15) is 25.5 Å². The largest absolute Gasteiger partial charge is 0.489 e. The van der Waals surface area contributed by atoms with Gasteiger partial charge in [0.25, 0.3) is 0 Å². The molecule has 0 aliphatic carbocycles. The van der Waals surface area contributed by atoms with E-state index in [1.165, 1.54) is 0 Å². The SMILES string of the molecule is CN=C(NCC(C)Oc1ccc(Cl)cc1)NC1CCN(Cc2ccccn2)CC1.I. The fraction of sp³-hybridized carbons (Fsp3) is 0.455. The maximum atomic E-state index is 5.91. The van der Waals surface area contributed by atoms with Crippen molar-refractivity contribution >= 4 is 41.5 Å². The monoisotopic (exact) mass is 543 g/mol. The molecule has 2 aromatic rings. The number of benzene rings is 1. The number of piperidine rings is 1. The summed E-state index contributed by atoms with van der Waals surface area (Å²) >= 11 is 5.91. The highest BCUT2D eigenvalue weighted by atomic mass is 127. The molecule has 1 aliphatic rings. The summed E-state index contributed by atoms with van der Waals surface area (Å²) in [6.45, 7) is 5.73. The van der Waals surface area contributed by atoms with Crippen molar-refractivity contribution in [1.82, 2.24) is 20.5 Å². The van der Waals surface area contributed by atoms with Gasteiger partial charge in [0.1, 0.15) is 11.9 Å². The molecule has 1 aromatic carbocycles. The molecule has 6 nitrogen and oxygen atoms in total. The van der Waals surface area contributed by atoms with Gasteiger partial charge >= 0.3 is 0 Å². The minimum Gasteiger partial charge on any atom is -0.489 e. The minimum absolute atomic E-state index is 0. The van der Waals surface area contributed by atoms with E-state index in [1.807, 2.05) is 49.5 Å². The topological polar surface area (TPSA) is 61.8 Å². The van der Waals surface area contributed by atoms with Crippen LogP contribution in [0.4, 0.5) is 0 Å². The lowest BCUT2D eigenvalue weighted by molar-refractivity contribution is 0.195. The average Bonchev–Trinajstić information content (AvgIpc) is 2.75. The molecule has 164 valence electrons. The molecule has 0 radical (unpaired) electrons. The van der Waals surface area contributed by atoms with Crippen LogP contribution in [0.2, 0.25) is 5.02 Å². The first-order valence-corrected chi connectivity index (χ1v) is 10.5. The molecular weight excluding hydrogens is 513 g/mol. The molecule has 1 unspecified atom stereocenters. The van der Waals surface area contributed by atoms with Crippen molar-refractivity contribution in [2.45, 2.75) is 38.5 Å². The molecule has 0 spiro atoms. The van der Waals surface area contributed by atoms with Crippen LogP contribution >= 0.6 is 35.6 Å². The van der Waals surface area contributed by atoms with Crippen LogP contribution in [-0.4, -0.2) is 54.7 Å². The zero-order valence-corrected chi connectivity index (χ0v) is 20.6. The summed E-state index contributed by atoms with van der Waals surface area (Å²) in [6, 6.07) is 13.9. The number of pyridine rings is 1. The van der Waals surface area contributed by atoms with Gasteiger partial charge in [-0.2, -0.15) is 0 Å². The van der Waals surface area contributed by atoms with E-state index in [0.29, 0.717) is 17.6 Å². The summed E-state index contributed by atoms with van der Waals surface area (Å²) < 4.78 is 5.91. The van der Waals surface area contributed by atoms with Gasteiger partial charge in [0, 0.05) is 43.9 Å². The van der Waals surface area contributed by atoms with Crippen LogP contribution in [0.3, 0.4) is 0 Å². The molecule has 1 atom stereocenters.